The molecule has 20 heavy (non-hydrogen) atoms. The standard InChI is InChI=1S/C14H16ClNO4/c15-11-5-2-1-4-10(11)8-20-9-13(17)16-7-3-6-12(16)14(18)19/h1-2,4-5,12H,3,6-9H2,(H,18,19)/t12-/m1/s1. The first-order valence-electron chi connectivity index (χ1n) is 6.43. The smallest absolute Gasteiger partial charge is 0.326 e. The van der Waals surface area contributed by atoms with Crippen LogP contribution in [0.4, 0.5) is 0 Å². The van der Waals surface area contributed by atoms with Crippen molar-refractivity contribution in [3.8, 4) is 0 Å². The van der Waals surface area contributed by atoms with E-state index in [1.165, 1.54) is 4.90 Å². The van der Waals surface area contributed by atoms with Crippen molar-refractivity contribution in [3.05, 3.63) is 34.9 Å². The molecule has 1 amide bonds. The Kier molecular flexibility index (Phi) is 4.98. The van der Waals surface area contributed by atoms with Gasteiger partial charge in [0.15, 0.2) is 0 Å². The SMILES string of the molecule is O=C(O)[C@H]1CCCN1C(=O)COCc1ccccc1Cl. The molecule has 0 radical (unpaired) electrons. The highest BCUT2D eigenvalue weighted by Gasteiger charge is 2.33. The third-order valence-corrected chi connectivity index (χ3v) is 3.67. The predicted octanol–water partition coefficient (Wildman–Crippen LogP) is 1.93. The molecular formula is C14H16ClNO4. The lowest BCUT2D eigenvalue weighted by Crippen LogP contribution is -2.42. The van der Waals surface area contributed by atoms with Gasteiger partial charge < -0.3 is 14.7 Å². The molecule has 108 valence electrons. The van der Waals surface area contributed by atoms with Gasteiger partial charge >= 0.3 is 5.97 Å². The minimum Gasteiger partial charge on any atom is -0.480 e. The minimum atomic E-state index is -0.957. The lowest BCUT2D eigenvalue weighted by atomic mass is 10.2. The molecule has 1 fully saturated rings. The van der Waals surface area contributed by atoms with E-state index in [1.54, 1.807) is 6.07 Å². The van der Waals surface area contributed by atoms with Crippen molar-refractivity contribution in [2.24, 2.45) is 0 Å². The number of nitrogens with zero attached hydrogens (tertiary/aromatic N) is 1. The summed E-state index contributed by atoms with van der Waals surface area (Å²) in [5, 5.41) is 9.61. The van der Waals surface area contributed by atoms with Gasteiger partial charge in [0.1, 0.15) is 12.6 Å². The van der Waals surface area contributed by atoms with E-state index in [0.717, 1.165) is 5.56 Å². The summed E-state index contributed by atoms with van der Waals surface area (Å²) in [6.45, 7) is 0.581. The van der Waals surface area contributed by atoms with Crippen LogP contribution in [0.1, 0.15) is 18.4 Å². The molecule has 1 aromatic rings. The molecule has 0 spiro atoms. The summed E-state index contributed by atoms with van der Waals surface area (Å²) >= 11 is 5.98. The number of hydrogen-bond acceptors (Lipinski definition) is 3. The Morgan fingerprint density at radius 3 is 2.85 bits per heavy atom. The lowest BCUT2D eigenvalue weighted by molar-refractivity contribution is -0.150. The van der Waals surface area contributed by atoms with Crippen LogP contribution in [-0.2, 0) is 20.9 Å². The molecule has 1 saturated heterocycles. The second-order valence-corrected chi connectivity index (χ2v) is 5.07. The maximum atomic E-state index is 11.9. The van der Waals surface area contributed by atoms with E-state index in [4.69, 9.17) is 21.4 Å². The van der Waals surface area contributed by atoms with Crippen molar-refractivity contribution >= 4 is 23.5 Å². The van der Waals surface area contributed by atoms with E-state index >= 15 is 0 Å². The van der Waals surface area contributed by atoms with Crippen LogP contribution >= 0.6 is 11.6 Å². The number of carbonyl (C=O) groups is 2. The fourth-order valence-electron chi connectivity index (χ4n) is 2.27. The molecule has 6 heteroatoms. The third-order valence-electron chi connectivity index (χ3n) is 3.30. The van der Waals surface area contributed by atoms with Crippen LogP contribution in [-0.4, -0.2) is 41.1 Å². The number of carboxylic acids is 1. The zero-order valence-corrected chi connectivity index (χ0v) is 11.7. The quantitative estimate of drug-likeness (QED) is 0.902. The van der Waals surface area contributed by atoms with Gasteiger partial charge in [0, 0.05) is 11.6 Å². The van der Waals surface area contributed by atoms with Crippen LogP contribution in [0.15, 0.2) is 24.3 Å². The number of rotatable bonds is 5. The minimum absolute atomic E-state index is 0.130. The molecule has 1 aliphatic heterocycles. The summed E-state index contributed by atoms with van der Waals surface area (Å²) in [4.78, 5) is 24.3. The fraction of sp³-hybridized carbons (Fsp3) is 0.429. The predicted molar refractivity (Wildman–Crippen MR) is 73.5 cm³/mol. The zero-order valence-electron chi connectivity index (χ0n) is 10.9. The van der Waals surface area contributed by atoms with Crippen molar-refractivity contribution in [1.82, 2.24) is 4.90 Å². The van der Waals surface area contributed by atoms with Gasteiger partial charge in [-0.15, -0.1) is 0 Å². The summed E-state index contributed by atoms with van der Waals surface area (Å²) in [7, 11) is 0. The van der Waals surface area contributed by atoms with Gasteiger partial charge in [-0.3, -0.25) is 4.79 Å². The first-order chi connectivity index (χ1) is 9.59. The fourth-order valence-corrected chi connectivity index (χ4v) is 2.46. The van der Waals surface area contributed by atoms with Gasteiger partial charge in [-0.1, -0.05) is 29.8 Å². The van der Waals surface area contributed by atoms with Gasteiger partial charge in [0.2, 0.25) is 5.91 Å². The molecular weight excluding hydrogens is 282 g/mol. The Morgan fingerprint density at radius 2 is 2.15 bits per heavy atom. The Bertz CT molecular complexity index is 506. The molecule has 1 heterocycles. The molecule has 5 nitrogen and oxygen atoms in total. The monoisotopic (exact) mass is 297 g/mol. The number of carbonyl (C=O) groups excluding carboxylic acids is 1. The van der Waals surface area contributed by atoms with E-state index in [9.17, 15) is 9.59 Å². The Hall–Kier alpha value is -1.59. The first-order valence-corrected chi connectivity index (χ1v) is 6.81. The molecule has 0 aliphatic carbocycles. The van der Waals surface area contributed by atoms with Crippen molar-refractivity contribution in [2.75, 3.05) is 13.2 Å². The van der Waals surface area contributed by atoms with Crippen LogP contribution in [0.2, 0.25) is 5.02 Å². The molecule has 0 bridgehead atoms. The molecule has 0 saturated carbocycles. The number of hydrogen-bond donors (Lipinski definition) is 1. The molecule has 1 aliphatic rings. The summed E-state index contributed by atoms with van der Waals surface area (Å²) in [5.74, 6) is -1.25. The van der Waals surface area contributed by atoms with Gasteiger partial charge in [-0.05, 0) is 24.5 Å². The summed E-state index contributed by atoms with van der Waals surface area (Å²) < 4.78 is 5.33. The average molecular weight is 298 g/mol. The van der Waals surface area contributed by atoms with Gasteiger partial charge in [0.25, 0.3) is 0 Å². The van der Waals surface area contributed by atoms with Gasteiger partial charge in [-0.25, -0.2) is 4.79 Å². The molecule has 0 aromatic heterocycles. The second kappa shape index (κ2) is 6.72. The molecule has 2 rings (SSSR count). The van der Waals surface area contributed by atoms with E-state index < -0.39 is 12.0 Å². The molecule has 1 N–H and O–H groups in total. The average Bonchev–Trinajstić information content (AvgIpc) is 2.90. The zero-order chi connectivity index (χ0) is 14.5. The first kappa shape index (κ1) is 14.8. The van der Waals surface area contributed by atoms with Crippen LogP contribution in [0.3, 0.4) is 0 Å². The number of carboxylic acid groups (broad SMARTS) is 1. The maximum absolute atomic E-state index is 11.9. The topological polar surface area (TPSA) is 66.8 Å². The normalized spacial score (nSPS) is 18.2. The number of aliphatic carboxylic acids is 1. The van der Waals surface area contributed by atoms with E-state index in [-0.39, 0.29) is 19.1 Å². The van der Waals surface area contributed by atoms with Crippen LogP contribution in [0, 0.1) is 0 Å². The number of amides is 1. The third kappa shape index (κ3) is 3.49. The second-order valence-electron chi connectivity index (χ2n) is 4.67. The highest BCUT2D eigenvalue weighted by molar-refractivity contribution is 6.31. The number of likely N-dealkylation sites (tertiary alicyclic amines) is 1. The summed E-state index contributed by atoms with van der Waals surface area (Å²) in [5.41, 5.74) is 0.804. The number of halogens is 1. The molecule has 0 unspecified atom stereocenters. The largest absolute Gasteiger partial charge is 0.480 e. The van der Waals surface area contributed by atoms with Gasteiger partial charge in [0.05, 0.1) is 6.61 Å². The molecule has 1 atom stereocenters. The Morgan fingerprint density at radius 1 is 1.40 bits per heavy atom. The summed E-state index contributed by atoms with van der Waals surface area (Å²) in [6.07, 6.45) is 1.22. The maximum Gasteiger partial charge on any atom is 0.326 e. The van der Waals surface area contributed by atoms with Crippen molar-refractivity contribution in [2.45, 2.75) is 25.5 Å². The highest BCUT2D eigenvalue weighted by Crippen LogP contribution is 2.18. The number of ether oxygens (including phenoxy) is 1. The van der Waals surface area contributed by atoms with E-state index in [2.05, 4.69) is 0 Å². The van der Waals surface area contributed by atoms with E-state index in [1.807, 2.05) is 18.2 Å². The Labute approximate surface area is 122 Å². The Balaban J connectivity index is 1.84. The summed E-state index contributed by atoms with van der Waals surface area (Å²) in [6, 6.07) is 6.52. The van der Waals surface area contributed by atoms with Crippen molar-refractivity contribution in [1.29, 1.82) is 0 Å². The molecule has 1 aromatic carbocycles. The highest BCUT2D eigenvalue weighted by atomic mass is 35.5. The van der Waals surface area contributed by atoms with Crippen LogP contribution in [0.5, 0.6) is 0 Å². The van der Waals surface area contributed by atoms with Crippen molar-refractivity contribution < 1.29 is 19.4 Å². The van der Waals surface area contributed by atoms with Crippen LogP contribution in [0.25, 0.3) is 0 Å². The van der Waals surface area contributed by atoms with Crippen LogP contribution < -0.4 is 0 Å². The number of benzene rings is 1. The van der Waals surface area contributed by atoms with Gasteiger partial charge in [-0.2, -0.15) is 0 Å². The lowest BCUT2D eigenvalue weighted by Gasteiger charge is -2.21. The van der Waals surface area contributed by atoms with Crippen molar-refractivity contribution in [3.63, 3.8) is 0 Å². The van der Waals surface area contributed by atoms with E-state index in [0.29, 0.717) is 24.4 Å².